The largest absolute Gasteiger partial charge is 0.379 e. The van der Waals surface area contributed by atoms with E-state index in [2.05, 4.69) is 16.0 Å². The van der Waals surface area contributed by atoms with Crippen molar-refractivity contribution < 1.29 is 9.72 Å². The number of rotatable bonds is 7. The zero-order chi connectivity index (χ0) is 14.4. The predicted molar refractivity (Wildman–Crippen MR) is 75.6 cm³/mol. The molecule has 1 aromatic carbocycles. The molecule has 0 aliphatic carbocycles. The first-order chi connectivity index (χ1) is 9.66. The van der Waals surface area contributed by atoms with Gasteiger partial charge in [0.25, 0.3) is 5.69 Å². The van der Waals surface area contributed by atoms with Gasteiger partial charge in [-0.15, -0.1) is 0 Å². The molecule has 2 rings (SSSR count). The summed E-state index contributed by atoms with van der Waals surface area (Å²) in [6.07, 6.45) is 0.298. The van der Waals surface area contributed by atoms with Crippen LogP contribution in [0.4, 0.5) is 11.4 Å². The quantitative estimate of drug-likeness (QED) is 0.505. The number of nitro benzene ring substituents is 1. The van der Waals surface area contributed by atoms with Crippen LogP contribution in [-0.4, -0.2) is 37.0 Å². The van der Waals surface area contributed by atoms with Crippen LogP contribution in [0.1, 0.15) is 6.42 Å². The maximum Gasteiger partial charge on any atom is 0.292 e. The van der Waals surface area contributed by atoms with E-state index in [1.807, 2.05) is 0 Å². The minimum absolute atomic E-state index is 0.0217. The minimum Gasteiger partial charge on any atom is -0.379 e. The van der Waals surface area contributed by atoms with Gasteiger partial charge in [-0.2, -0.15) is 0 Å². The van der Waals surface area contributed by atoms with Crippen molar-refractivity contribution in [2.45, 2.75) is 6.42 Å². The average molecular weight is 278 g/mol. The first-order valence-corrected chi connectivity index (χ1v) is 6.61. The van der Waals surface area contributed by atoms with E-state index >= 15 is 0 Å². The molecule has 1 aromatic rings. The van der Waals surface area contributed by atoms with Gasteiger partial charge in [0.2, 0.25) is 5.91 Å². The normalized spacial score (nSPS) is 14.4. The summed E-state index contributed by atoms with van der Waals surface area (Å²) >= 11 is 0. The van der Waals surface area contributed by atoms with E-state index in [9.17, 15) is 14.9 Å². The van der Waals surface area contributed by atoms with Crippen LogP contribution in [0.2, 0.25) is 0 Å². The Hall–Kier alpha value is -2.15. The number of hydrogen-bond donors (Lipinski definition) is 3. The molecule has 0 bridgehead atoms. The van der Waals surface area contributed by atoms with Crippen molar-refractivity contribution in [3.05, 3.63) is 34.4 Å². The van der Waals surface area contributed by atoms with Crippen LogP contribution < -0.4 is 16.0 Å². The van der Waals surface area contributed by atoms with E-state index in [1.54, 1.807) is 18.2 Å². The van der Waals surface area contributed by atoms with Crippen LogP contribution in [0.3, 0.4) is 0 Å². The summed E-state index contributed by atoms with van der Waals surface area (Å²) in [7, 11) is 0. The van der Waals surface area contributed by atoms with Crippen LogP contribution in [0.5, 0.6) is 0 Å². The molecule has 20 heavy (non-hydrogen) atoms. The smallest absolute Gasteiger partial charge is 0.292 e. The molecule has 1 saturated heterocycles. The molecule has 0 aromatic heterocycles. The highest BCUT2D eigenvalue weighted by Crippen LogP contribution is 2.22. The lowest BCUT2D eigenvalue weighted by atomic mass is 10.0. The van der Waals surface area contributed by atoms with E-state index in [-0.39, 0.29) is 11.6 Å². The lowest BCUT2D eigenvalue weighted by molar-refractivity contribution is -0.384. The maximum absolute atomic E-state index is 11.6. The van der Waals surface area contributed by atoms with Crippen molar-refractivity contribution >= 4 is 17.3 Å². The second kappa shape index (κ2) is 6.85. The van der Waals surface area contributed by atoms with E-state index in [0.29, 0.717) is 31.1 Å². The topological polar surface area (TPSA) is 96.3 Å². The molecule has 1 fully saturated rings. The standard InChI is InChI=1S/C13H18N4O3/c18-13(16-9-10-7-14-8-10)5-6-15-11-3-1-2-4-12(11)17(19)20/h1-4,10,14-15H,5-9H2,(H,16,18). The molecular formula is C13H18N4O3. The summed E-state index contributed by atoms with van der Waals surface area (Å²) < 4.78 is 0. The Morgan fingerprint density at radius 2 is 2.15 bits per heavy atom. The fourth-order valence-corrected chi connectivity index (χ4v) is 1.93. The molecule has 0 saturated carbocycles. The fraction of sp³-hybridized carbons (Fsp3) is 0.462. The number of benzene rings is 1. The summed E-state index contributed by atoms with van der Waals surface area (Å²) in [5.41, 5.74) is 0.460. The molecule has 1 aliphatic rings. The lowest BCUT2D eigenvalue weighted by Gasteiger charge is -2.27. The van der Waals surface area contributed by atoms with Gasteiger partial charge in [-0.05, 0) is 6.07 Å². The molecule has 0 unspecified atom stereocenters. The maximum atomic E-state index is 11.6. The highest BCUT2D eigenvalue weighted by atomic mass is 16.6. The molecule has 0 spiro atoms. The number of nitrogens with zero attached hydrogens (tertiary/aromatic N) is 1. The van der Waals surface area contributed by atoms with Crippen LogP contribution in [0, 0.1) is 16.0 Å². The Balaban J connectivity index is 1.72. The Morgan fingerprint density at radius 1 is 1.40 bits per heavy atom. The zero-order valence-electron chi connectivity index (χ0n) is 11.1. The predicted octanol–water partition coefficient (Wildman–Crippen LogP) is 0.732. The van der Waals surface area contributed by atoms with E-state index in [4.69, 9.17) is 0 Å². The average Bonchev–Trinajstić information content (AvgIpc) is 2.37. The molecule has 1 heterocycles. The van der Waals surface area contributed by atoms with E-state index < -0.39 is 4.92 Å². The van der Waals surface area contributed by atoms with Crippen molar-refractivity contribution in [1.82, 2.24) is 10.6 Å². The summed E-state index contributed by atoms with van der Waals surface area (Å²) in [5.74, 6) is 0.491. The third kappa shape index (κ3) is 3.92. The molecule has 1 amide bonds. The second-order valence-electron chi connectivity index (χ2n) is 4.78. The van der Waals surface area contributed by atoms with Crippen molar-refractivity contribution in [1.29, 1.82) is 0 Å². The number of para-hydroxylation sites is 2. The Bertz CT molecular complexity index is 488. The molecule has 7 heteroatoms. The summed E-state index contributed by atoms with van der Waals surface area (Å²) in [4.78, 5) is 22.0. The number of hydrogen-bond acceptors (Lipinski definition) is 5. The highest BCUT2D eigenvalue weighted by Gasteiger charge is 2.17. The van der Waals surface area contributed by atoms with Crippen molar-refractivity contribution in [2.75, 3.05) is 31.5 Å². The van der Waals surface area contributed by atoms with Crippen molar-refractivity contribution in [2.24, 2.45) is 5.92 Å². The third-order valence-corrected chi connectivity index (χ3v) is 3.22. The van der Waals surface area contributed by atoms with Crippen LogP contribution in [-0.2, 0) is 4.79 Å². The van der Waals surface area contributed by atoms with Gasteiger partial charge in [0.1, 0.15) is 5.69 Å². The molecule has 0 radical (unpaired) electrons. The van der Waals surface area contributed by atoms with Gasteiger partial charge in [-0.1, -0.05) is 12.1 Å². The van der Waals surface area contributed by atoms with Gasteiger partial charge in [0, 0.05) is 44.6 Å². The summed E-state index contributed by atoms with van der Waals surface area (Å²) in [5, 5.41) is 19.7. The van der Waals surface area contributed by atoms with Gasteiger partial charge < -0.3 is 16.0 Å². The first kappa shape index (κ1) is 14.3. The third-order valence-electron chi connectivity index (χ3n) is 3.22. The summed E-state index contributed by atoms with van der Waals surface area (Å²) in [6.45, 7) is 2.97. The number of nitrogens with one attached hydrogen (secondary N) is 3. The molecular weight excluding hydrogens is 260 g/mol. The van der Waals surface area contributed by atoms with Crippen LogP contribution in [0.15, 0.2) is 24.3 Å². The van der Waals surface area contributed by atoms with E-state index in [0.717, 1.165) is 13.1 Å². The van der Waals surface area contributed by atoms with Crippen LogP contribution in [0.25, 0.3) is 0 Å². The minimum atomic E-state index is -0.438. The van der Waals surface area contributed by atoms with Gasteiger partial charge >= 0.3 is 0 Å². The number of carbonyl (C=O) groups excluding carboxylic acids is 1. The first-order valence-electron chi connectivity index (χ1n) is 6.61. The Morgan fingerprint density at radius 3 is 2.80 bits per heavy atom. The van der Waals surface area contributed by atoms with Gasteiger partial charge in [0.15, 0.2) is 0 Å². The number of amides is 1. The number of carbonyl (C=O) groups is 1. The Labute approximate surface area is 116 Å². The lowest BCUT2D eigenvalue weighted by Crippen LogP contribution is -2.48. The van der Waals surface area contributed by atoms with E-state index in [1.165, 1.54) is 6.07 Å². The SMILES string of the molecule is O=C(CCNc1ccccc1[N+](=O)[O-])NCC1CNC1. The number of anilines is 1. The monoisotopic (exact) mass is 278 g/mol. The van der Waals surface area contributed by atoms with Crippen molar-refractivity contribution in [3.63, 3.8) is 0 Å². The second-order valence-corrected chi connectivity index (χ2v) is 4.78. The summed E-state index contributed by atoms with van der Waals surface area (Å²) in [6, 6.07) is 6.41. The fourth-order valence-electron chi connectivity index (χ4n) is 1.93. The molecule has 7 nitrogen and oxygen atoms in total. The molecule has 108 valence electrons. The van der Waals surface area contributed by atoms with Crippen molar-refractivity contribution in [3.8, 4) is 0 Å². The van der Waals surface area contributed by atoms with Gasteiger partial charge in [-0.25, -0.2) is 0 Å². The highest BCUT2D eigenvalue weighted by molar-refractivity contribution is 5.76. The number of nitro groups is 1. The van der Waals surface area contributed by atoms with Crippen LogP contribution >= 0.6 is 0 Å². The molecule has 3 N–H and O–H groups in total. The molecule has 1 aliphatic heterocycles. The van der Waals surface area contributed by atoms with Gasteiger partial charge in [-0.3, -0.25) is 14.9 Å². The Kier molecular flexibility index (Phi) is 4.89. The molecule has 0 atom stereocenters. The zero-order valence-corrected chi connectivity index (χ0v) is 11.1. The van der Waals surface area contributed by atoms with Gasteiger partial charge in [0.05, 0.1) is 4.92 Å².